The Morgan fingerprint density at radius 3 is 2.82 bits per heavy atom. The van der Waals surface area contributed by atoms with Gasteiger partial charge in [0.1, 0.15) is 0 Å². The highest BCUT2D eigenvalue weighted by atomic mass is 32.2. The molecule has 11 heavy (non-hydrogen) atoms. The summed E-state index contributed by atoms with van der Waals surface area (Å²) in [6, 6.07) is 0.389. The van der Waals surface area contributed by atoms with Gasteiger partial charge in [0, 0.05) is 12.6 Å². The maximum Gasteiger partial charge on any atom is 0.0204 e. The normalized spacial score (nSPS) is 27.8. The first-order chi connectivity index (χ1) is 5.20. The number of nitrogens with zero attached hydrogens (tertiary/aromatic N) is 1. The van der Waals surface area contributed by atoms with Gasteiger partial charge in [-0.05, 0) is 37.9 Å². The van der Waals surface area contributed by atoms with Crippen LogP contribution in [-0.2, 0) is 0 Å². The molecule has 66 valence electrons. The van der Waals surface area contributed by atoms with E-state index in [1.807, 2.05) is 11.8 Å². The van der Waals surface area contributed by atoms with E-state index in [0.29, 0.717) is 6.04 Å². The summed E-state index contributed by atoms with van der Waals surface area (Å²) < 4.78 is 0. The summed E-state index contributed by atoms with van der Waals surface area (Å²) in [7, 11) is 4.17. The molecule has 0 radical (unpaired) electrons. The number of thioether (sulfide) groups is 1. The molecule has 1 heterocycles. The maximum atomic E-state index is 6.02. The Morgan fingerprint density at radius 1 is 1.64 bits per heavy atom. The van der Waals surface area contributed by atoms with Crippen molar-refractivity contribution in [2.75, 3.05) is 32.1 Å². The van der Waals surface area contributed by atoms with Crippen molar-refractivity contribution in [3.8, 4) is 0 Å². The lowest BCUT2D eigenvalue weighted by atomic mass is 10.00. The van der Waals surface area contributed by atoms with Crippen LogP contribution >= 0.6 is 11.8 Å². The largest absolute Gasteiger partial charge is 0.326 e. The summed E-state index contributed by atoms with van der Waals surface area (Å²) in [5.41, 5.74) is 6.02. The average Bonchev–Trinajstić information content (AvgIpc) is 2.35. The summed E-state index contributed by atoms with van der Waals surface area (Å²) in [6.45, 7) is 1.03. The van der Waals surface area contributed by atoms with Crippen molar-refractivity contribution in [2.45, 2.75) is 12.5 Å². The maximum absolute atomic E-state index is 6.02. The predicted octanol–water partition coefficient (Wildman–Crippen LogP) is 0.628. The van der Waals surface area contributed by atoms with Gasteiger partial charge in [-0.2, -0.15) is 11.8 Å². The molecule has 2 nitrogen and oxygen atoms in total. The highest BCUT2D eigenvalue weighted by Crippen LogP contribution is 2.25. The van der Waals surface area contributed by atoms with Crippen LogP contribution in [0.5, 0.6) is 0 Å². The van der Waals surface area contributed by atoms with Gasteiger partial charge in [0.15, 0.2) is 0 Å². The molecule has 0 amide bonds. The molecule has 0 saturated carbocycles. The van der Waals surface area contributed by atoms with E-state index in [1.54, 1.807) is 0 Å². The number of nitrogens with two attached hydrogens (primary N) is 1. The molecule has 1 aliphatic rings. The standard InChI is InChI=1S/C8H18N2S/c1-10(2)5-8(9)7-3-4-11-6-7/h7-8H,3-6,9H2,1-2H3. The molecule has 1 rings (SSSR count). The van der Waals surface area contributed by atoms with Crippen molar-refractivity contribution < 1.29 is 0 Å². The first-order valence-electron chi connectivity index (χ1n) is 4.18. The second-order valence-electron chi connectivity index (χ2n) is 3.55. The van der Waals surface area contributed by atoms with Gasteiger partial charge in [-0.15, -0.1) is 0 Å². The average molecular weight is 174 g/mol. The molecule has 1 aliphatic heterocycles. The number of likely N-dealkylation sites (N-methyl/N-ethyl adjacent to an activating group) is 1. The van der Waals surface area contributed by atoms with Crippen molar-refractivity contribution in [3.05, 3.63) is 0 Å². The van der Waals surface area contributed by atoms with Crippen LogP contribution in [-0.4, -0.2) is 43.1 Å². The Balaban J connectivity index is 2.22. The third kappa shape index (κ3) is 3.01. The molecule has 0 spiro atoms. The Hall–Kier alpha value is 0.270. The number of hydrogen-bond donors (Lipinski definition) is 1. The molecule has 3 heteroatoms. The lowest BCUT2D eigenvalue weighted by Crippen LogP contribution is -2.39. The molecule has 2 atom stereocenters. The molecule has 0 bridgehead atoms. The molecule has 1 fully saturated rings. The van der Waals surface area contributed by atoms with E-state index in [0.717, 1.165) is 12.5 Å². The van der Waals surface area contributed by atoms with Crippen molar-refractivity contribution in [2.24, 2.45) is 11.7 Å². The van der Waals surface area contributed by atoms with E-state index < -0.39 is 0 Å². The first kappa shape index (κ1) is 9.36. The summed E-state index contributed by atoms with van der Waals surface area (Å²) in [5, 5.41) is 0. The van der Waals surface area contributed by atoms with Crippen LogP contribution in [0, 0.1) is 5.92 Å². The molecular weight excluding hydrogens is 156 g/mol. The van der Waals surface area contributed by atoms with Gasteiger partial charge >= 0.3 is 0 Å². The van der Waals surface area contributed by atoms with Crippen LogP contribution in [0.2, 0.25) is 0 Å². The molecular formula is C8H18N2S. The van der Waals surface area contributed by atoms with Crippen LogP contribution in [0.1, 0.15) is 6.42 Å². The van der Waals surface area contributed by atoms with Crippen molar-refractivity contribution >= 4 is 11.8 Å². The number of rotatable bonds is 3. The molecule has 0 aromatic carbocycles. The van der Waals surface area contributed by atoms with Crippen LogP contribution in [0.3, 0.4) is 0 Å². The van der Waals surface area contributed by atoms with Gasteiger partial charge in [-0.1, -0.05) is 0 Å². The monoisotopic (exact) mass is 174 g/mol. The highest BCUT2D eigenvalue weighted by molar-refractivity contribution is 7.99. The van der Waals surface area contributed by atoms with Crippen LogP contribution in [0.15, 0.2) is 0 Å². The minimum absolute atomic E-state index is 0.389. The third-order valence-electron chi connectivity index (χ3n) is 2.15. The Morgan fingerprint density at radius 2 is 2.36 bits per heavy atom. The number of hydrogen-bond acceptors (Lipinski definition) is 3. The zero-order chi connectivity index (χ0) is 8.27. The van der Waals surface area contributed by atoms with Crippen LogP contribution in [0.25, 0.3) is 0 Å². The molecule has 0 aromatic rings. The Labute approximate surface area is 73.5 Å². The SMILES string of the molecule is CN(C)CC(N)C1CCSC1. The molecule has 2 unspecified atom stereocenters. The Bertz CT molecular complexity index is 111. The van der Waals surface area contributed by atoms with Crippen molar-refractivity contribution in [1.82, 2.24) is 4.90 Å². The molecule has 0 aromatic heterocycles. The molecule has 0 aliphatic carbocycles. The third-order valence-corrected chi connectivity index (χ3v) is 3.33. The fourth-order valence-electron chi connectivity index (χ4n) is 1.46. The molecule has 2 N–H and O–H groups in total. The second-order valence-corrected chi connectivity index (χ2v) is 4.70. The van der Waals surface area contributed by atoms with Gasteiger partial charge in [0.05, 0.1) is 0 Å². The van der Waals surface area contributed by atoms with Crippen molar-refractivity contribution in [1.29, 1.82) is 0 Å². The predicted molar refractivity (Wildman–Crippen MR) is 52.0 cm³/mol. The minimum Gasteiger partial charge on any atom is -0.326 e. The van der Waals surface area contributed by atoms with E-state index >= 15 is 0 Å². The van der Waals surface area contributed by atoms with Gasteiger partial charge in [0.25, 0.3) is 0 Å². The fraction of sp³-hybridized carbons (Fsp3) is 1.00. The lowest BCUT2D eigenvalue weighted by Gasteiger charge is -2.21. The molecule has 1 saturated heterocycles. The topological polar surface area (TPSA) is 29.3 Å². The smallest absolute Gasteiger partial charge is 0.0204 e. The van der Waals surface area contributed by atoms with Crippen LogP contribution in [0.4, 0.5) is 0 Å². The summed E-state index contributed by atoms with van der Waals surface area (Å²) in [4.78, 5) is 2.17. The lowest BCUT2D eigenvalue weighted by molar-refractivity contribution is 0.323. The van der Waals surface area contributed by atoms with Gasteiger partial charge in [0.2, 0.25) is 0 Å². The fourth-order valence-corrected chi connectivity index (χ4v) is 2.81. The van der Waals surface area contributed by atoms with E-state index in [2.05, 4.69) is 19.0 Å². The second kappa shape index (κ2) is 4.33. The minimum atomic E-state index is 0.389. The zero-order valence-electron chi connectivity index (χ0n) is 7.42. The van der Waals surface area contributed by atoms with E-state index in [-0.39, 0.29) is 0 Å². The van der Waals surface area contributed by atoms with Crippen molar-refractivity contribution in [3.63, 3.8) is 0 Å². The van der Waals surface area contributed by atoms with E-state index in [1.165, 1.54) is 17.9 Å². The van der Waals surface area contributed by atoms with Crippen LogP contribution < -0.4 is 5.73 Å². The summed E-state index contributed by atoms with van der Waals surface area (Å²) >= 11 is 2.04. The first-order valence-corrected chi connectivity index (χ1v) is 5.33. The Kier molecular flexibility index (Phi) is 3.69. The van der Waals surface area contributed by atoms with E-state index in [9.17, 15) is 0 Å². The van der Waals surface area contributed by atoms with Gasteiger partial charge < -0.3 is 10.6 Å². The highest BCUT2D eigenvalue weighted by Gasteiger charge is 2.22. The quantitative estimate of drug-likeness (QED) is 0.680. The summed E-state index contributed by atoms with van der Waals surface area (Å²) in [6.07, 6.45) is 1.32. The summed E-state index contributed by atoms with van der Waals surface area (Å²) in [5.74, 6) is 3.35. The van der Waals surface area contributed by atoms with E-state index in [4.69, 9.17) is 5.73 Å². The van der Waals surface area contributed by atoms with Gasteiger partial charge in [-0.3, -0.25) is 0 Å². The zero-order valence-corrected chi connectivity index (χ0v) is 8.23. The van der Waals surface area contributed by atoms with Gasteiger partial charge in [-0.25, -0.2) is 0 Å².